The normalized spacial score (nSPS) is 30.6. The van der Waals surface area contributed by atoms with Crippen LogP contribution in [0.1, 0.15) is 40.0 Å². The molecule has 2 saturated heterocycles. The molecule has 2 rings (SSSR count). The summed E-state index contributed by atoms with van der Waals surface area (Å²) in [6.07, 6.45) is 3.31. The van der Waals surface area contributed by atoms with Crippen LogP contribution in [0.2, 0.25) is 0 Å². The third kappa shape index (κ3) is 3.69. The van der Waals surface area contributed by atoms with Crippen LogP contribution in [0.15, 0.2) is 0 Å². The Bertz CT molecular complexity index is 397. The van der Waals surface area contributed by atoms with Gasteiger partial charge in [-0.05, 0) is 37.0 Å². The summed E-state index contributed by atoms with van der Waals surface area (Å²) in [7, 11) is 0. The summed E-state index contributed by atoms with van der Waals surface area (Å²) in [5.74, 6) is 0.218. The van der Waals surface area contributed by atoms with Gasteiger partial charge >= 0.3 is 12.0 Å². The van der Waals surface area contributed by atoms with Crippen LogP contribution >= 0.6 is 0 Å². The van der Waals surface area contributed by atoms with E-state index in [0.29, 0.717) is 24.9 Å². The minimum absolute atomic E-state index is 0.0370. The van der Waals surface area contributed by atoms with E-state index in [1.54, 1.807) is 4.90 Å². The Morgan fingerprint density at radius 1 is 1.10 bits per heavy atom. The summed E-state index contributed by atoms with van der Waals surface area (Å²) in [4.78, 5) is 27.4. The maximum Gasteiger partial charge on any atom is 0.320 e. The number of carbonyl (C=O) groups excluding carboxylic acids is 1. The molecule has 1 N–H and O–H groups in total. The Hall–Kier alpha value is -1.26. The van der Waals surface area contributed by atoms with Gasteiger partial charge in [-0.2, -0.15) is 0 Å². The lowest BCUT2D eigenvalue weighted by Crippen LogP contribution is -2.43. The molecule has 2 amide bonds. The summed E-state index contributed by atoms with van der Waals surface area (Å²) in [5, 5.41) is 9.18. The van der Waals surface area contributed by atoms with Crippen LogP contribution in [0.4, 0.5) is 4.79 Å². The van der Waals surface area contributed by atoms with Gasteiger partial charge in [-0.15, -0.1) is 0 Å². The predicted octanol–water partition coefficient (Wildman–Crippen LogP) is 2.52. The van der Waals surface area contributed by atoms with Crippen LogP contribution < -0.4 is 0 Å². The Kier molecular flexibility index (Phi) is 5.12. The molecule has 0 radical (unpaired) electrons. The number of hydrogen-bond acceptors (Lipinski definition) is 2. The summed E-state index contributed by atoms with van der Waals surface area (Å²) in [6, 6.07) is 0.0370. The fraction of sp³-hybridized carbons (Fsp3) is 0.875. The van der Waals surface area contributed by atoms with Gasteiger partial charge in [0.15, 0.2) is 0 Å². The van der Waals surface area contributed by atoms with Crippen molar-refractivity contribution in [2.45, 2.75) is 40.0 Å². The van der Waals surface area contributed by atoms with Crippen LogP contribution in [-0.4, -0.2) is 53.1 Å². The Labute approximate surface area is 127 Å². The molecule has 2 aliphatic rings. The second-order valence-electron chi connectivity index (χ2n) is 7.03. The molecule has 0 aromatic rings. The highest BCUT2D eigenvalue weighted by molar-refractivity contribution is 5.77. The van der Waals surface area contributed by atoms with Crippen molar-refractivity contribution < 1.29 is 14.7 Å². The van der Waals surface area contributed by atoms with E-state index in [1.165, 1.54) is 6.42 Å². The summed E-state index contributed by atoms with van der Waals surface area (Å²) < 4.78 is 0. The zero-order valence-corrected chi connectivity index (χ0v) is 13.4. The van der Waals surface area contributed by atoms with Crippen LogP contribution in [0.25, 0.3) is 0 Å². The summed E-state index contributed by atoms with van der Waals surface area (Å²) in [6.45, 7) is 8.97. The maximum atomic E-state index is 12.6. The number of hydrogen-bond donors (Lipinski definition) is 1. The van der Waals surface area contributed by atoms with Gasteiger partial charge in [0, 0.05) is 26.2 Å². The molecule has 3 unspecified atom stereocenters. The molecule has 21 heavy (non-hydrogen) atoms. The highest BCUT2D eigenvalue weighted by Gasteiger charge is 2.38. The standard InChI is InChI=1S/C16H28N2O3/c1-11(2)13-5-4-7-17(8-6-13)16(21)18-9-12(3)14(10-18)15(19)20/h11-14H,4-10H2,1-3H3,(H,19,20). The fourth-order valence-electron chi connectivity index (χ4n) is 3.62. The number of likely N-dealkylation sites (tertiary alicyclic amines) is 2. The second-order valence-corrected chi connectivity index (χ2v) is 7.03. The predicted molar refractivity (Wildman–Crippen MR) is 81.0 cm³/mol. The molecule has 5 nitrogen and oxygen atoms in total. The quantitative estimate of drug-likeness (QED) is 0.851. The summed E-state index contributed by atoms with van der Waals surface area (Å²) >= 11 is 0. The van der Waals surface area contributed by atoms with Crippen molar-refractivity contribution in [3.8, 4) is 0 Å². The average Bonchev–Trinajstić information content (AvgIpc) is 2.66. The zero-order valence-electron chi connectivity index (χ0n) is 13.4. The van der Waals surface area contributed by atoms with E-state index in [4.69, 9.17) is 0 Å². The van der Waals surface area contributed by atoms with Gasteiger partial charge < -0.3 is 14.9 Å². The summed E-state index contributed by atoms with van der Waals surface area (Å²) in [5.41, 5.74) is 0. The van der Waals surface area contributed by atoms with E-state index in [9.17, 15) is 14.7 Å². The first-order valence-electron chi connectivity index (χ1n) is 8.16. The molecule has 0 saturated carbocycles. The van der Waals surface area contributed by atoms with Crippen molar-refractivity contribution in [3.05, 3.63) is 0 Å². The van der Waals surface area contributed by atoms with Crippen molar-refractivity contribution in [3.63, 3.8) is 0 Å². The molecule has 5 heteroatoms. The van der Waals surface area contributed by atoms with E-state index >= 15 is 0 Å². The Morgan fingerprint density at radius 3 is 2.38 bits per heavy atom. The lowest BCUT2D eigenvalue weighted by Gasteiger charge is -2.27. The van der Waals surface area contributed by atoms with Crippen LogP contribution in [0.3, 0.4) is 0 Å². The Morgan fingerprint density at radius 2 is 1.81 bits per heavy atom. The number of urea groups is 1. The van der Waals surface area contributed by atoms with Gasteiger partial charge in [0.25, 0.3) is 0 Å². The molecule has 3 atom stereocenters. The van der Waals surface area contributed by atoms with Gasteiger partial charge in [-0.1, -0.05) is 20.8 Å². The van der Waals surface area contributed by atoms with Crippen molar-refractivity contribution in [1.82, 2.24) is 9.80 Å². The van der Waals surface area contributed by atoms with E-state index in [-0.39, 0.29) is 11.9 Å². The molecule has 120 valence electrons. The highest BCUT2D eigenvalue weighted by Crippen LogP contribution is 2.27. The lowest BCUT2D eigenvalue weighted by molar-refractivity contribution is -0.142. The van der Waals surface area contributed by atoms with Crippen molar-refractivity contribution >= 4 is 12.0 Å². The van der Waals surface area contributed by atoms with Crippen LogP contribution in [0, 0.1) is 23.7 Å². The fourth-order valence-corrected chi connectivity index (χ4v) is 3.62. The molecule has 2 heterocycles. The molecule has 2 fully saturated rings. The van der Waals surface area contributed by atoms with Gasteiger partial charge in [0.1, 0.15) is 0 Å². The van der Waals surface area contributed by atoms with Crippen LogP contribution in [0.5, 0.6) is 0 Å². The van der Waals surface area contributed by atoms with E-state index < -0.39 is 11.9 Å². The minimum atomic E-state index is -0.784. The number of carboxylic acid groups (broad SMARTS) is 1. The number of nitrogens with zero attached hydrogens (tertiary/aromatic N) is 2. The van der Waals surface area contributed by atoms with Gasteiger partial charge in [0.05, 0.1) is 5.92 Å². The van der Waals surface area contributed by atoms with Gasteiger partial charge in [-0.3, -0.25) is 4.79 Å². The van der Waals surface area contributed by atoms with Gasteiger partial charge in [-0.25, -0.2) is 4.79 Å². The topological polar surface area (TPSA) is 60.9 Å². The maximum absolute atomic E-state index is 12.6. The third-order valence-electron chi connectivity index (χ3n) is 5.19. The minimum Gasteiger partial charge on any atom is -0.481 e. The van der Waals surface area contributed by atoms with E-state index in [2.05, 4.69) is 13.8 Å². The SMILES string of the molecule is CC(C)C1CCCN(C(=O)N2CC(C)C(C(=O)O)C2)CC1. The molecule has 2 aliphatic heterocycles. The van der Waals surface area contributed by atoms with Crippen molar-refractivity contribution in [1.29, 1.82) is 0 Å². The number of carbonyl (C=O) groups is 2. The molecule has 0 aromatic heterocycles. The molecule has 0 aromatic carbocycles. The van der Waals surface area contributed by atoms with Gasteiger partial charge in [0.2, 0.25) is 0 Å². The molecule has 0 aliphatic carbocycles. The molecular formula is C16H28N2O3. The van der Waals surface area contributed by atoms with Crippen molar-refractivity contribution in [2.24, 2.45) is 23.7 Å². The zero-order chi connectivity index (χ0) is 15.6. The number of rotatable bonds is 2. The number of carboxylic acids is 1. The molecule has 0 spiro atoms. The largest absolute Gasteiger partial charge is 0.481 e. The number of amides is 2. The van der Waals surface area contributed by atoms with Crippen molar-refractivity contribution in [2.75, 3.05) is 26.2 Å². The first-order chi connectivity index (χ1) is 9.90. The van der Waals surface area contributed by atoms with Crippen LogP contribution in [-0.2, 0) is 4.79 Å². The average molecular weight is 296 g/mol. The third-order valence-corrected chi connectivity index (χ3v) is 5.19. The smallest absolute Gasteiger partial charge is 0.320 e. The first-order valence-corrected chi connectivity index (χ1v) is 8.16. The second kappa shape index (κ2) is 6.67. The number of aliphatic carboxylic acids is 1. The molecular weight excluding hydrogens is 268 g/mol. The Balaban J connectivity index is 1.93. The van der Waals surface area contributed by atoms with E-state index in [1.807, 2.05) is 11.8 Å². The monoisotopic (exact) mass is 296 g/mol. The van der Waals surface area contributed by atoms with E-state index in [0.717, 1.165) is 25.9 Å². The lowest BCUT2D eigenvalue weighted by atomic mass is 9.89. The molecule has 0 bridgehead atoms. The first kappa shape index (κ1) is 16.1. The highest BCUT2D eigenvalue weighted by atomic mass is 16.4.